The third-order valence-electron chi connectivity index (χ3n) is 4.03. The van der Waals surface area contributed by atoms with Crippen LogP contribution < -0.4 is 9.47 Å². The number of ether oxygens (including phenoxy) is 2. The van der Waals surface area contributed by atoms with Crippen molar-refractivity contribution in [2.75, 3.05) is 0 Å². The van der Waals surface area contributed by atoms with Gasteiger partial charge in [0.25, 0.3) is 0 Å². The maximum atomic E-state index is 12.1. The normalized spacial score (nSPS) is 10.7. The Balaban J connectivity index is 1.25. The lowest BCUT2D eigenvalue weighted by Crippen LogP contribution is -2.08. The standard InChI is InChI=1S/C22H18N2O3S/c25-22(10-5-9-21-24-18-6-1-2-7-19(18)28-21)27-17-13-11-16(12-14-17)26-20-8-3-4-15-23-20/h1-4,6-8,11-15H,5,9-10H2. The number of fused-ring (bicyclic) bond motifs is 1. The van der Waals surface area contributed by atoms with Crippen LogP contribution in [0.25, 0.3) is 10.2 Å². The Morgan fingerprint density at radius 3 is 2.50 bits per heavy atom. The highest BCUT2D eigenvalue weighted by Crippen LogP contribution is 2.24. The molecule has 0 saturated carbocycles. The first-order valence-electron chi connectivity index (χ1n) is 9.00. The van der Waals surface area contributed by atoms with Gasteiger partial charge in [-0.3, -0.25) is 4.79 Å². The number of hydrogen-bond acceptors (Lipinski definition) is 6. The minimum atomic E-state index is -0.250. The van der Waals surface area contributed by atoms with E-state index in [1.165, 1.54) is 4.70 Å². The molecule has 0 aliphatic rings. The number of nitrogens with zero attached hydrogens (tertiary/aromatic N) is 2. The number of carbonyl (C=O) groups is 1. The molecule has 0 saturated heterocycles. The molecule has 2 aromatic heterocycles. The fourth-order valence-corrected chi connectivity index (χ4v) is 3.71. The van der Waals surface area contributed by atoms with Crippen LogP contribution in [0.2, 0.25) is 0 Å². The van der Waals surface area contributed by atoms with Gasteiger partial charge in [-0.1, -0.05) is 18.2 Å². The fourth-order valence-electron chi connectivity index (χ4n) is 2.70. The summed E-state index contributed by atoms with van der Waals surface area (Å²) >= 11 is 1.67. The Kier molecular flexibility index (Phi) is 5.58. The molecule has 28 heavy (non-hydrogen) atoms. The molecule has 0 atom stereocenters. The molecule has 4 rings (SSSR count). The van der Waals surface area contributed by atoms with Crippen molar-refractivity contribution in [1.29, 1.82) is 0 Å². The third-order valence-corrected chi connectivity index (χ3v) is 5.12. The van der Waals surface area contributed by atoms with E-state index >= 15 is 0 Å². The molecular formula is C22H18N2O3S. The van der Waals surface area contributed by atoms with Crippen LogP contribution in [-0.2, 0) is 11.2 Å². The summed E-state index contributed by atoms with van der Waals surface area (Å²) in [7, 11) is 0. The highest BCUT2D eigenvalue weighted by molar-refractivity contribution is 7.18. The van der Waals surface area contributed by atoms with E-state index in [-0.39, 0.29) is 5.97 Å². The van der Waals surface area contributed by atoms with Crippen LogP contribution >= 0.6 is 11.3 Å². The number of aryl methyl sites for hydroxylation is 1. The van der Waals surface area contributed by atoms with E-state index in [1.807, 2.05) is 30.3 Å². The molecule has 4 aromatic rings. The molecule has 2 aromatic carbocycles. The average Bonchev–Trinajstić information content (AvgIpc) is 3.13. The van der Waals surface area contributed by atoms with Crippen LogP contribution in [0.15, 0.2) is 72.9 Å². The third kappa shape index (κ3) is 4.72. The molecule has 5 nitrogen and oxygen atoms in total. The maximum Gasteiger partial charge on any atom is 0.311 e. The van der Waals surface area contributed by atoms with Crippen LogP contribution in [0.3, 0.4) is 0 Å². The van der Waals surface area contributed by atoms with Gasteiger partial charge in [0.1, 0.15) is 11.5 Å². The average molecular weight is 390 g/mol. The van der Waals surface area contributed by atoms with Gasteiger partial charge >= 0.3 is 5.97 Å². The van der Waals surface area contributed by atoms with Crippen LogP contribution in [0.4, 0.5) is 0 Å². The highest BCUT2D eigenvalue weighted by atomic mass is 32.1. The van der Waals surface area contributed by atoms with E-state index in [9.17, 15) is 4.79 Å². The van der Waals surface area contributed by atoms with Crippen molar-refractivity contribution < 1.29 is 14.3 Å². The minimum absolute atomic E-state index is 0.250. The van der Waals surface area contributed by atoms with Crippen molar-refractivity contribution in [1.82, 2.24) is 9.97 Å². The summed E-state index contributed by atoms with van der Waals surface area (Å²) in [5.41, 5.74) is 1.01. The number of rotatable bonds is 7. The number of aromatic nitrogens is 2. The molecule has 0 N–H and O–H groups in total. The second kappa shape index (κ2) is 8.63. The quantitative estimate of drug-likeness (QED) is 0.312. The van der Waals surface area contributed by atoms with E-state index in [2.05, 4.69) is 16.0 Å². The number of carbonyl (C=O) groups excluding carboxylic acids is 1. The summed E-state index contributed by atoms with van der Waals surface area (Å²) in [4.78, 5) is 20.8. The molecule has 0 radical (unpaired) electrons. The van der Waals surface area contributed by atoms with Crippen LogP contribution in [0.1, 0.15) is 17.8 Å². The lowest BCUT2D eigenvalue weighted by Gasteiger charge is -2.06. The van der Waals surface area contributed by atoms with Gasteiger partial charge in [0, 0.05) is 18.7 Å². The molecule has 0 fully saturated rings. The van der Waals surface area contributed by atoms with Gasteiger partial charge in [0.15, 0.2) is 0 Å². The zero-order chi connectivity index (χ0) is 19.2. The maximum absolute atomic E-state index is 12.1. The van der Waals surface area contributed by atoms with Gasteiger partial charge in [-0.05, 0) is 55.3 Å². The second-order valence-electron chi connectivity index (χ2n) is 6.14. The van der Waals surface area contributed by atoms with Gasteiger partial charge in [0.05, 0.1) is 15.2 Å². The van der Waals surface area contributed by atoms with Gasteiger partial charge < -0.3 is 9.47 Å². The molecule has 140 valence electrons. The molecule has 0 amide bonds. The molecule has 6 heteroatoms. The van der Waals surface area contributed by atoms with Crippen molar-refractivity contribution in [3.8, 4) is 17.4 Å². The predicted octanol–water partition coefficient (Wildman–Crippen LogP) is 5.41. The van der Waals surface area contributed by atoms with Crippen LogP contribution in [0, 0.1) is 0 Å². The van der Waals surface area contributed by atoms with E-state index in [0.717, 1.165) is 16.9 Å². The Labute approximate surface area is 166 Å². The first-order chi connectivity index (χ1) is 13.8. The molecule has 0 aliphatic carbocycles. The number of thiazole rings is 1. The topological polar surface area (TPSA) is 61.3 Å². The number of hydrogen-bond donors (Lipinski definition) is 0. The summed E-state index contributed by atoms with van der Waals surface area (Å²) < 4.78 is 12.2. The molecule has 0 spiro atoms. The van der Waals surface area contributed by atoms with Gasteiger partial charge in [-0.2, -0.15) is 0 Å². The van der Waals surface area contributed by atoms with Crippen LogP contribution in [0.5, 0.6) is 17.4 Å². The summed E-state index contributed by atoms with van der Waals surface area (Å²) in [6.07, 6.45) is 3.49. The van der Waals surface area contributed by atoms with Crippen molar-refractivity contribution in [2.24, 2.45) is 0 Å². The number of pyridine rings is 1. The first-order valence-corrected chi connectivity index (χ1v) is 9.82. The van der Waals surface area contributed by atoms with E-state index in [4.69, 9.17) is 9.47 Å². The Morgan fingerprint density at radius 1 is 0.929 bits per heavy atom. The fraction of sp³-hybridized carbons (Fsp3) is 0.136. The number of benzene rings is 2. The van der Waals surface area contributed by atoms with Gasteiger partial charge in [-0.25, -0.2) is 9.97 Å². The molecule has 2 heterocycles. The summed E-state index contributed by atoms with van der Waals surface area (Å²) in [6, 6.07) is 20.4. The summed E-state index contributed by atoms with van der Waals surface area (Å²) in [5, 5.41) is 1.05. The highest BCUT2D eigenvalue weighted by Gasteiger charge is 2.08. The van der Waals surface area contributed by atoms with E-state index in [0.29, 0.717) is 30.2 Å². The first kappa shape index (κ1) is 18.1. The zero-order valence-corrected chi connectivity index (χ0v) is 15.9. The van der Waals surface area contributed by atoms with Gasteiger partial charge in [0.2, 0.25) is 5.88 Å². The Bertz CT molecular complexity index is 1030. The smallest absolute Gasteiger partial charge is 0.311 e. The van der Waals surface area contributed by atoms with Crippen molar-refractivity contribution in [2.45, 2.75) is 19.3 Å². The summed E-state index contributed by atoms with van der Waals surface area (Å²) in [6.45, 7) is 0. The van der Waals surface area contributed by atoms with Crippen LogP contribution in [-0.4, -0.2) is 15.9 Å². The molecular weight excluding hydrogens is 372 g/mol. The SMILES string of the molecule is O=C(CCCc1nc2ccccc2s1)Oc1ccc(Oc2ccccn2)cc1. The lowest BCUT2D eigenvalue weighted by molar-refractivity contribution is -0.134. The van der Waals surface area contributed by atoms with Gasteiger partial charge in [-0.15, -0.1) is 11.3 Å². The number of para-hydroxylation sites is 1. The Morgan fingerprint density at radius 2 is 1.71 bits per heavy atom. The lowest BCUT2D eigenvalue weighted by atomic mass is 10.2. The molecule has 0 unspecified atom stereocenters. The van der Waals surface area contributed by atoms with E-state index < -0.39 is 0 Å². The van der Waals surface area contributed by atoms with Crippen molar-refractivity contribution in [3.05, 3.63) is 77.9 Å². The summed E-state index contributed by atoms with van der Waals surface area (Å²) in [5.74, 6) is 1.40. The molecule has 0 aliphatic heterocycles. The number of esters is 1. The second-order valence-corrected chi connectivity index (χ2v) is 7.26. The van der Waals surface area contributed by atoms with Crippen molar-refractivity contribution in [3.63, 3.8) is 0 Å². The molecule has 0 bridgehead atoms. The predicted molar refractivity (Wildman–Crippen MR) is 109 cm³/mol. The monoisotopic (exact) mass is 390 g/mol. The Hall–Kier alpha value is -3.25. The minimum Gasteiger partial charge on any atom is -0.439 e. The largest absolute Gasteiger partial charge is 0.439 e. The zero-order valence-electron chi connectivity index (χ0n) is 15.1. The van der Waals surface area contributed by atoms with E-state index in [1.54, 1.807) is 47.9 Å². The van der Waals surface area contributed by atoms with Crippen molar-refractivity contribution >= 4 is 27.5 Å².